The van der Waals surface area contributed by atoms with Gasteiger partial charge in [0.05, 0.1) is 19.3 Å². The van der Waals surface area contributed by atoms with Crippen LogP contribution in [0.2, 0.25) is 0 Å². The Morgan fingerprint density at radius 2 is 2.00 bits per heavy atom. The fourth-order valence-electron chi connectivity index (χ4n) is 3.01. The number of carbonyl (C=O) groups is 4. The number of hydrogen-bond donors (Lipinski definition) is 3. The van der Waals surface area contributed by atoms with Crippen molar-refractivity contribution in [3.63, 3.8) is 0 Å². The molecule has 2 aliphatic rings. The number of nitrogens with one attached hydrogen (secondary N) is 3. The predicted octanol–water partition coefficient (Wildman–Crippen LogP) is -1.79. The van der Waals surface area contributed by atoms with Crippen LogP contribution < -0.4 is 16.0 Å². The fourth-order valence-corrected chi connectivity index (χ4v) is 3.01. The first-order valence-corrected chi connectivity index (χ1v) is 8.03. The highest BCUT2D eigenvalue weighted by Crippen LogP contribution is 2.16. The van der Waals surface area contributed by atoms with Gasteiger partial charge in [-0.1, -0.05) is 13.8 Å². The lowest BCUT2D eigenvalue weighted by atomic mass is 10.1. The van der Waals surface area contributed by atoms with Crippen LogP contribution in [0.4, 0.5) is 0 Å². The van der Waals surface area contributed by atoms with Crippen molar-refractivity contribution < 1.29 is 19.2 Å². The molecule has 0 spiro atoms. The van der Waals surface area contributed by atoms with E-state index in [1.54, 1.807) is 13.8 Å². The maximum Gasteiger partial charge on any atom is 0.244 e. The summed E-state index contributed by atoms with van der Waals surface area (Å²) in [6.45, 7) is 7.26. The van der Waals surface area contributed by atoms with Crippen LogP contribution >= 0.6 is 0 Å². The molecule has 2 fully saturated rings. The van der Waals surface area contributed by atoms with Crippen LogP contribution in [0.1, 0.15) is 27.7 Å². The molecule has 0 aliphatic carbocycles. The first kappa shape index (κ1) is 18.2. The molecule has 2 rings (SSSR count). The highest BCUT2D eigenvalue weighted by molar-refractivity contribution is 5.92. The minimum Gasteiger partial charge on any atom is -0.345 e. The Bertz CT molecular complexity index is 560. The van der Waals surface area contributed by atoms with E-state index < -0.39 is 11.6 Å². The maximum atomic E-state index is 12.2. The summed E-state index contributed by atoms with van der Waals surface area (Å²) >= 11 is 0. The second-order valence-corrected chi connectivity index (χ2v) is 6.96. The molecule has 0 aromatic carbocycles. The number of hydrogen-bond acceptors (Lipinski definition) is 5. The average Bonchev–Trinajstić information content (AvgIpc) is 2.96. The van der Waals surface area contributed by atoms with Gasteiger partial charge < -0.3 is 20.4 Å². The van der Waals surface area contributed by atoms with Gasteiger partial charge in [0.2, 0.25) is 23.6 Å². The summed E-state index contributed by atoms with van der Waals surface area (Å²) in [7, 11) is 0. The van der Waals surface area contributed by atoms with E-state index in [0.29, 0.717) is 0 Å². The van der Waals surface area contributed by atoms with Crippen molar-refractivity contribution in [2.24, 2.45) is 5.92 Å². The van der Waals surface area contributed by atoms with E-state index in [9.17, 15) is 19.2 Å². The van der Waals surface area contributed by atoms with Gasteiger partial charge in [-0.15, -0.1) is 0 Å². The zero-order valence-corrected chi connectivity index (χ0v) is 14.5. The van der Waals surface area contributed by atoms with Crippen molar-refractivity contribution in [3.05, 3.63) is 0 Å². The molecule has 2 saturated heterocycles. The molecule has 3 N–H and O–H groups in total. The van der Waals surface area contributed by atoms with E-state index in [1.165, 1.54) is 9.80 Å². The second kappa shape index (κ2) is 6.76. The molecule has 1 unspecified atom stereocenters. The van der Waals surface area contributed by atoms with Gasteiger partial charge in [-0.2, -0.15) is 0 Å². The standard InChI is InChI=1S/C15H25N5O4/c1-9(2)14-17-5-12(23)19(14)7-10(21)16-6-13(24)20-8-11(22)18-15(20,3)4/h9,14,17H,5-8H2,1-4H3,(H,16,21)(H,18,22). The van der Waals surface area contributed by atoms with Gasteiger partial charge in [-0.3, -0.25) is 24.5 Å². The number of rotatable bonds is 5. The number of carbonyl (C=O) groups excluding carboxylic acids is 4. The number of amides is 4. The molecule has 4 amide bonds. The topological polar surface area (TPSA) is 111 Å². The zero-order chi connectivity index (χ0) is 18.1. The van der Waals surface area contributed by atoms with Crippen LogP contribution in [0.25, 0.3) is 0 Å². The summed E-state index contributed by atoms with van der Waals surface area (Å²) in [6.07, 6.45) is -0.182. The van der Waals surface area contributed by atoms with E-state index in [2.05, 4.69) is 16.0 Å². The third-order valence-electron chi connectivity index (χ3n) is 4.22. The Morgan fingerprint density at radius 3 is 2.54 bits per heavy atom. The van der Waals surface area contributed by atoms with E-state index in [-0.39, 0.29) is 56.0 Å². The Kier molecular flexibility index (Phi) is 5.12. The third kappa shape index (κ3) is 3.84. The highest BCUT2D eigenvalue weighted by atomic mass is 16.2. The van der Waals surface area contributed by atoms with Crippen molar-refractivity contribution in [2.45, 2.75) is 39.5 Å². The van der Waals surface area contributed by atoms with Gasteiger partial charge in [-0.25, -0.2) is 0 Å². The molecule has 134 valence electrons. The highest BCUT2D eigenvalue weighted by Gasteiger charge is 2.39. The summed E-state index contributed by atoms with van der Waals surface area (Å²) < 4.78 is 0. The van der Waals surface area contributed by atoms with Crippen molar-refractivity contribution in [3.8, 4) is 0 Å². The third-order valence-corrected chi connectivity index (χ3v) is 4.22. The molecule has 0 radical (unpaired) electrons. The smallest absolute Gasteiger partial charge is 0.244 e. The quantitative estimate of drug-likeness (QED) is 0.548. The van der Waals surface area contributed by atoms with E-state index >= 15 is 0 Å². The summed E-state index contributed by atoms with van der Waals surface area (Å²) in [5.41, 5.74) is -0.767. The monoisotopic (exact) mass is 339 g/mol. The first-order chi connectivity index (χ1) is 11.1. The molecule has 9 nitrogen and oxygen atoms in total. The molecule has 0 aromatic rings. The van der Waals surface area contributed by atoms with E-state index in [4.69, 9.17) is 0 Å². The second-order valence-electron chi connectivity index (χ2n) is 6.96. The maximum absolute atomic E-state index is 12.2. The van der Waals surface area contributed by atoms with Gasteiger partial charge in [0, 0.05) is 0 Å². The Morgan fingerprint density at radius 1 is 1.33 bits per heavy atom. The molecule has 2 heterocycles. The van der Waals surface area contributed by atoms with Crippen LogP contribution in [-0.2, 0) is 19.2 Å². The minimum atomic E-state index is -0.767. The van der Waals surface area contributed by atoms with Crippen molar-refractivity contribution in [2.75, 3.05) is 26.2 Å². The molecule has 1 atom stereocenters. The normalized spacial score (nSPS) is 23.0. The molecular weight excluding hydrogens is 314 g/mol. The summed E-state index contributed by atoms with van der Waals surface area (Å²) in [5.74, 6) is -0.937. The minimum absolute atomic E-state index is 0.0222. The molecule has 9 heteroatoms. The average molecular weight is 339 g/mol. The Balaban J connectivity index is 1.86. The SMILES string of the molecule is CC(C)C1NCC(=O)N1CC(=O)NCC(=O)N1CC(=O)NC1(C)C. The van der Waals surface area contributed by atoms with Crippen LogP contribution in [0.15, 0.2) is 0 Å². The Labute approximate surface area is 141 Å². The van der Waals surface area contributed by atoms with Gasteiger partial charge in [0.1, 0.15) is 18.8 Å². The molecular formula is C15H25N5O4. The van der Waals surface area contributed by atoms with Crippen LogP contribution in [0.5, 0.6) is 0 Å². The van der Waals surface area contributed by atoms with E-state index in [0.717, 1.165) is 0 Å². The van der Waals surface area contributed by atoms with E-state index in [1.807, 2.05) is 13.8 Å². The molecule has 0 saturated carbocycles. The van der Waals surface area contributed by atoms with Crippen molar-refractivity contribution in [1.29, 1.82) is 0 Å². The summed E-state index contributed by atoms with van der Waals surface area (Å²) in [6, 6.07) is 0. The van der Waals surface area contributed by atoms with Gasteiger partial charge in [0.15, 0.2) is 0 Å². The summed E-state index contributed by atoms with van der Waals surface area (Å²) in [4.78, 5) is 50.4. The van der Waals surface area contributed by atoms with Crippen LogP contribution in [0.3, 0.4) is 0 Å². The van der Waals surface area contributed by atoms with Crippen molar-refractivity contribution in [1.82, 2.24) is 25.8 Å². The lowest BCUT2D eigenvalue weighted by Gasteiger charge is -2.30. The molecule has 2 aliphatic heterocycles. The predicted molar refractivity (Wildman–Crippen MR) is 85.3 cm³/mol. The zero-order valence-electron chi connectivity index (χ0n) is 14.5. The summed E-state index contributed by atoms with van der Waals surface area (Å²) in [5, 5.41) is 8.28. The lowest BCUT2D eigenvalue weighted by molar-refractivity contribution is -0.137. The van der Waals surface area contributed by atoms with Gasteiger partial charge in [-0.05, 0) is 19.8 Å². The van der Waals surface area contributed by atoms with Gasteiger partial charge in [0.25, 0.3) is 0 Å². The number of nitrogens with zero attached hydrogens (tertiary/aromatic N) is 2. The largest absolute Gasteiger partial charge is 0.345 e. The Hall–Kier alpha value is -2.16. The lowest BCUT2D eigenvalue weighted by Crippen LogP contribution is -2.53. The van der Waals surface area contributed by atoms with Crippen LogP contribution in [0, 0.1) is 5.92 Å². The van der Waals surface area contributed by atoms with Crippen LogP contribution in [-0.4, -0.2) is 71.4 Å². The molecule has 24 heavy (non-hydrogen) atoms. The molecule has 0 aromatic heterocycles. The fraction of sp³-hybridized carbons (Fsp3) is 0.733. The first-order valence-electron chi connectivity index (χ1n) is 8.03. The molecule has 0 bridgehead atoms. The van der Waals surface area contributed by atoms with Crippen molar-refractivity contribution >= 4 is 23.6 Å². The van der Waals surface area contributed by atoms with Gasteiger partial charge >= 0.3 is 0 Å².